The SMILES string of the molecule is CCn1cc(NC2CCOCC2)cn1. The summed E-state index contributed by atoms with van der Waals surface area (Å²) in [6.07, 6.45) is 6.13. The molecule has 2 rings (SSSR count). The van der Waals surface area contributed by atoms with E-state index in [1.165, 1.54) is 0 Å². The van der Waals surface area contributed by atoms with Gasteiger partial charge in [0.25, 0.3) is 0 Å². The molecular formula is C10H17N3O. The summed E-state index contributed by atoms with van der Waals surface area (Å²) in [4.78, 5) is 0. The predicted molar refractivity (Wildman–Crippen MR) is 55.4 cm³/mol. The van der Waals surface area contributed by atoms with Crippen molar-refractivity contribution in [2.45, 2.75) is 32.4 Å². The Bertz CT molecular complexity index is 279. The van der Waals surface area contributed by atoms with Gasteiger partial charge in [0.2, 0.25) is 0 Å². The van der Waals surface area contributed by atoms with Crippen molar-refractivity contribution in [3.8, 4) is 0 Å². The molecule has 0 atom stereocenters. The lowest BCUT2D eigenvalue weighted by Gasteiger charge is -2.23. The molecule has 78 valence electrons. The Hall–Kier alpha value is -1.03. The minimum Gasteiger partial charge on any atom is -0.381 e. The molecule has 1 aliphatic heterocycles. The molecule has 0 bridgehead atoms. The Balaban J connectivity index is 1.89. The zero-order valence-corrected chi connectivity index (χ0v) is 8.57. The summed E-state index contributed by atoms with van der Waals surface area (Å²) in [7, 11) is 0. The van der Waals surface area contributed by atoms with Crippen LogP contribution in [0, 0.1) is 0 Å². The standard InChI is InChI=1S/C10H17N3O/c1-2-13-8-10(7-11-13)12-9-3-5-14-6-4-9/h7-9,12H,2-6H2,1H3. The fourth-order valence-electron chi connectivity index (χ4n) is 1.69. The quantitative estimate of drug-likeness (QED) is 0.794. The summed E-state index contributed by atoms with van der Waals surface area (Å²) in [5, 5.41) is 7.70. The summed E-state index contributed by atoms with van der Waals surface area (Å²) in [6, 6.07) is 0.554. The number of nitrogens with one attached hydrogen (secondary N) is 1. The zero-order valence-electron chi connectivity index (χ0n) is 8.57. The summed E-state index contributed by atoms with van der Waals surface area (Å²) < 4.78 is 7.24. The largest absolute Gasteiger partial charge is 0.381 e. The lowest BCUT2D eigenvalue weighted by atomic mass is 10.1. The van der Waals surface area contributed by atoms with Gasteiger partial charge in [-0.15, -0.1) is 0 Å². The van der Waals surface area contributed by atoms with Crippen LogP contribution in [0.5, 0.6) is 0 Å². The Kier molecular flexibility index (Phi) is 3.03. The molecule has 0 aromatic carbocycles. The molecule has 1 saturated heterocycles. The fraction of sp³-hybridized carbons (Fsp3) is 0.700. The maximum atomic E-state index is 5.30. The molecule has 14 heavy (non-hydrogen) atoms. The van der Waals surface area contributed by atoms with Crippen LogP contribution in [-0.4, -0.2) is 29.0 Å². The summed E-state index contributed by atoms with van der Waals surface area (Å²) in [5.41, 5.74) is 1.12. The van der Waals surface area contributed by atoms with Crippen LogP contribution in [0.25, 0.3) is 0 Å². The first-order valence-corrected chi connectivity index (χ1v) is 5.25. The Morgan fingerprint density at radius 3 is 3.00 bits per heavy atom. The molecule has 0 unspecified atom stereocenters. The van der Waals surface area contributed by atoms with Gasteiger partial charge in [-0.25, -0.2) is 0 Å². The normalized spacial score (nSPS) is 18.4. The van der Waals surface area contributed by atoms with Gasteiger partial charge in [-0.2, -0.15) is 5.10 Å². The van der Waals surface area contributed by atoms with Crippen LogP contribution in [0.3, 0.4) is 0 Å². The third kappa shape index (κ3) is 2.26. The van der Waals surface area contributed by atoms with Gasteiger partial charge in [0, 0.05) is 32.0 Å². The monoisotopic (exact) mass is 195 g/mol. The second kappa shape index (κ2) is 4.46. The topological polar surface area (TPSA) is 39.1 Å². The van der Waals surface area contributed by atoms with Crippen molar-refractivity contribution in [2.75, 3.05) is 18.5 Å². The Labute approximate surface area is 84.3 Å². The highest BCUT2D eigenvalue weighted by molar-refractivity contribution is 5.39. The first kappa shape index (κ1) is 9.52. The van der Waals surface area contributed by atoms with Gasteiger partial charge in [0.1, 0.15) is 0 Å². The molecule has 2 heterocycles. The van der Waals surface area contributed by atoms with E-state index in [1.807, 2.05) is 10.9 Å². The molecule has 0 radical (unpaired) electrons. The van der Waals surface area contributed by atoms with Crippen LogP contribution < -0.4 is 5.32 Å². The van der Waals surface area contributed by atoms with Crippen LogP contribution in [0.4, 0.5) is 5.69 Å². The van der Waals surface area contributed by atoms with Crippen LogP contribution >= 0.6 is 0 Å². The molecule has 1 N–H and O–H groups in total. The van der Waals surface area contributed by atoms with Gasteiger partial charge >= 0.3 is 0 Å². The van der Waals surface area contributed by atoms with Crippen molar-refractivity contribution in [1.29, 1.82) is 0 Å². The summed E-state index contributed by atoms with van der Waals surface area (Å²) in [5.74, 6) is 0. The highest BCUT2D eigenvalue weighted by atomic mass is 16.5. The predicted octanol–water partition coefficient (Wildman–Crippen LogP) is 1.49. The Morgan fingerprint density at radius 2 is 2.36 bits per heavy atom. The van der Waals surface area contributed by atoms with Crippen molar-refractivity contribution in [1.82, 2.24) is 9.78 Å². The number of hydrogen-bond acceptors (Lipinski definition) is 3. The van der Waals surface area contributed by atoms with Crippen LogP contribution in [0.1, 0.15) is 19.8 Å². The Morgan fingerprint density at radius 1 is 1.57 bits per heavy atom. The van der Waals surface area contributed by atoms with Crippen LogP contribution in [-0.2, 0) is 11.3 Å². The van der Waals surface area contributed by atoms with Crippen LogP contribution in [0.15, 0.2) is 12.4 Å². The van der Waals surface area contributed by atoms with E-state index in [2.05, 4.69) is 23.5 Å². The molecular weight excluding hydrogens is 178 g/mol. The molecule has 1 fully saturated rings. The fourth-order valence-corrected chi connectivity index (χ4v) is 1.69. The third-order valence-corrected chi connectivity index (χ3v) is 2.55. The van der Waals surface area contributed by atoms with E-state index in [0.717, 1.165) is 38.3 Å². The molecule has 1 aromatic rings. The van der Waals surface area contributed by atoms with Crippen molar-refractivity contribution < 1.29 is 4.74 Å². The van der Waals surface area contributed by atoms with E-state index < -0.39 is 0 Å². The number of aromatic nitrogens is 2. The number of rotatable bonds is 3. The van der Waals surface area contributed by atoms with Gasteiger partial charge in [-0.1, -0.05) is 0 Å². The maximum Gasteiger partial charge on any atom is 0.0728 e. The first-order chi connectivity index (χ1) is 6.88. The lowest BCUT2D eigenvalue weighted by Crippen LogP contribution is -2.27. The van der Waals surface area contributed by atoms with Gasteiger partial charge in [-0.3, -0.25) is 4.68 Å². The van der Waals surface area contributed by atoms with E-state index in [-0.39, 0.29) is 0 Å². The van der Waals surface area contributed by atoms with E-state index in [1.54, 1.807) is 0 Å². The van der Waals surface area contributed by atoms with E-state index in [4.69, 9.17) is 4.74 Å². The highest BCUT2D eigenvalue weighted by Crippen LogP contribution is 2.13. The van der Waals surface area contributed by atoms with Gasteiger partial charge in [0.15, 0.2) is 0 Å². The van der Waals surface area contributed by atoms with Crippen molar-refractivity contribution in [3.63, 3.8) is 0 Å². The molecule has 0 amide bonds. The average Bonchev–Trinajstić information content (AvgIpc) is 2.67. The van der Waals surface area contributed by atoms with E-state index >= 15 is 0 Å². The molecule has 0 saturated carbocycles. The zero-order chi connectivity index (χ0) is 9.80. The average molecular weight is 195 g/mol. The number of nitrogens with zero attached hydrogens (tertiary/aromatic N) is 2. The van der Waals surface area contributed by atoms with Gasteiger partial charge in [-0.05, 0) is 19.8 Å². The second-order valence-corrected chi connectivity index (χ2v) is 3.62. The number of aryl methyl sites for hydroxylation is 1. The lowest BCUT2D eigenvalue weighted by molar-refractivity contribution is 0.0904. The molecule has 1 aromatic heterocycles. The molecule has 4 nitrogen and oxygen atoms in total. The molecule has 1 aliphatic rings. The molecule has 0 aliphatic carbocycles. The highest BCUT2D eigenvalue weighted by Gasteiger charge is 2.13. The smallest absolute Gasteiger partial charge is 0.0728 e. The van der Waals surface area contributed by atoms with Gasteiger partial charge < -0.3 is 10.1 Å². The van der Waals surface area contributed by atoms with E-state index in [0.29, 0.717) is 6.04 Å². The van der Waals surface area contributed by atoms with Gasteiger partial charge in [0.05, 0.1) is 11.9 Å². The number of anilines is 1. The van der Waals surface area contributed by atoms with Crippen molar-refractivity contribution >= 4 is 5.69 Å². The number of ether oxygens (including phenoxy) is 1. The molecule has 0 spiro atoms. The summed E-state index contributed by atoms with van der Waals surface area (Å²) >= 11 is 0. The number of hydrogen-bond donors (Lipinski definition) is 1. The summed E-state index contributed by atoms with van der Waals surface area (Å²) in [6.45, 7) is 4.76. The molecule has 4 heteroatoms. The van der Waals surface area contributed by atoms with Crippen molar-refractivity contribution in [2.24, 2.45) is 0 Å². The first-order valence-electron chi connectivity index (χ1n) is 5.25. The van der Waals surface area contributed by atoms with E-state index in [9.17, 15) is 0 Å². The van der Waals surface area contributed by atoms with Crippen molar-refractivity contribution in [3.05, 3.63) is 12.4 Å². The van der Waals surface area contributed by atoms with Crippen LogP contribution in [0.2, 0.25) is 0 Å². The maximum absolute atomic E-state index is 5.30. The third-order valence-electron chi connectivity index (χ3n) is 2.55. The second-order valence-electron chi connectivity index (χ2n) is 3.62. The minimum absolute atomic E-state index is 0.554. The minimum atomic E-state index is 0.554.